The minimum Gasteiger partial charge on any atom is -0.508 e. The SMILES string of the molecule is COc1c(C)cc(Oc2c(I)cc(O)cc2I)cc1C. The fraction of sp³-hybridized carbons (Fsp3) is 0.200. The van der Waals surface area contributed by atoms with Crippen LogP contribution in [0.5, 0.6) is 23.0 Å². The Morgan fingerprint density at radius 1 is 0.900 bits per heavy atom. The largest absolute Gasteiger partial charge is 0.508 e. The van der Waals surface area contributed by atoms with Gasteiger partial charge in [-0.25, -0.2) is 0 Å². The molecule has 0 saturated heterocycles. The molecule has 106 valence electrons. The van der Waals surface area contributed by atoms with Gasteiger partial charge >= 0.3 is 0 Å². The van der Waals surface area contributed by atoms with Gasteiger partial charge in [-0.3, -0.25) is 0 Å². The molecule has 0 unspecified atom stereocenters. The summed E-state index contributed by atoms with van der Waals surface area (Å²) >= 11 is 4.31. The van der Waals surface area contributed by atoms with Crippen LogP contribution in [0, 0.1) is 21.0 Å². The fourth-order valence-corrected chi connectivity index (χ4v) is 4.01. The Bertz CT molecular complexity index is 608. The molecule has 0 atom stereocenters. The van der Waals surface area contributed by atoms with Crippen molar-refractivity contribution in [2.24, 2.45) is 0 Å². The molecule has 2 aromatic rings. The zero-order valence-corrected chi connectivity index (χ0v) is 15.6. The van der Waals surface area contributed by atoms with Gasteiger partial charge in [0.25, 0.3) is 0 Å². The van der Waals surface area contributed by atoms with E-state index >= 15 is 0 Å². The van der Waals surface area contributed by atoms with Crippen molar-refractivity contribution in [2.75, 3.05) is 7.11 Å². The molecule has 0 aromatic heterocycles. The van der Waals surface area contributed by atoms with Gasteiger partial charge in [-0.05, 0) is 94.4 Å². The zero-order chi connectivity index (χ0) is 14.9. The van der Waals surface area contributed by atoms with E-state index in [-0.39, 0.29) is 5.75 Å². The van der Waals surface area contributed by atoms with Gasteiger partial charge in [0, 0.05) is 0 Å². The molecule has 0 aliphatic heterocycles. The third-order valence-corrected chi connectivity index (χ3v) is 4.44. The van der Waals surface area contributed by atoms with E-state index in [1.165, 1.54) is 0 Å². The molecular weight excluding hydrogens is 482 g/mol. The highest BCUT2D eigenvalue weighted by Gasteiger charge is 2.12. The first-order valence-electron chi connectivity index (χ1n) is 5.93. The molecule has 0 saturated carbocycles. The van der Waals surface area contributed by atoms with Gasteiger partial charge < -0.3 is 14.6 Å². The summed E-state index contributed by atoms with van der Waals surface area (Å²) in [6, 6.07) is 7.26. The van der Waals surface area contributed by atoms with Gasteiger partial charge in [-0.1, -0.05) is 0 Å². The predicted molar refractivity (Wildman–Crippen MR) is 96.1 cm³/mol. The second kappa shape index (κ2) is 6.38. The number of ether oxygens (including phenoxy) is 2. The Kier molecular flexibility index (Phi) is 5.00. The number of hydrogen-bond acceptors (Lipinski definition) is 3. The van der Waals surface area contributed by atoms with Crippen molar-refractivity contribution < 1.29 is 14.6 Å². The molecule has 0 amide bonds. The second-order valence-corrected chi connectivity index (χ2v) is 6.76. The number of halogens is 2. The molecule has 0 heterocycles. The van der Waals surface area contributed by atoms with Crippen molar-refractivity contribution in [1.82, 2.24) is 0 Å². The van der Waals surface area contributed by atoms with Crippen LogP contribution in [0.3, 0.4) is 0 Å². The first-order chi connectivity index (χ1) is 9.42. The van der Waals surface area contributed by atoms with Gasteiger partial charge in [0.05, 0.1) is 14.3 Å². The highest BCUT2D eigenvalue weighted by molar-refractivity contribution is 14.1. The minimum absolute atomic E-state index is 0.244. The van der Waals surface area contributed by atoms with Gasteiger partial charge in [0.1, 0.15) is 17.2 Å². The maximum Gasteiger partial charge on any atom is 0.154 e. The monoisotopic (exact) mass is 496 g/mol. The molecule has 0 bridgehead atoms. The topological polar surface area (TPSA) is 38.7 Å². The van der Waals surface area contributed by atoms with Crippen molar-refractivity contribution in [3.8, 4) is 23.0 Å². The molecule has 0 aliphatic carbocycles. The highest BCUT2D eigenvalue weighted by Crippen LogP contribution is 2.36. The van der Waals surface area contributed by atoms with E-state index in [9.17, 15) is 5.11 Å². The molecule has 2 rings (SSSR count). The second-order valence-electron chi connectivity index (χ2n) is 4.43. The normalized spacial score (nSPS) is 10.4. The average Bonchev–Trinajstić information content (AvgIpc) is 2.33. The highest BCUT2D eigenvalue weighted by atomic mass is 127. The maximum atomic E-state index is 9.56. The Hall–Kier alpha value is -0.700. The number of aromatic hydroxyl groups is 1. The van der Waals surface area contributed by atoms with Crippen molar-refractivity contribution >= 4 is 45.2 Å². The first-order valence-corrected chi connectivity index (χ1v) is 8.09. The number of phenols is 1. The van der Waals surface area contributed by atoms with Gasteiger partial charge in [-0.2, -0.15) is 0 Å². The zero-order valence-electron chi connectivity index (χ0n) is 11.3. The van der Waals surface area contributed by atoms with E-state index in [1.807, 2.05) is 26.0 Å². The molecule has 2 aromatic carbocycles. The maximum absolute atomic E-state index is 9.56. The van der Waals surface area contributed by atoms with Crippen molar-refractivity contribution in [1.29, 1.82) is 0 Å². The summed E-state index contributed by atoms with van der Waals surface area (Å²) in [6.45, 7) is 3.98. The number of hydrogen-bond donors (Lipinski definition) is 1. The van der Waals surface area contributed by atoms with Crippen molar-refractivity contribution in [3.05, 3.63) is 42.5 Å². The molecule has 0 fully saturated rings. The van der Waals surface area contributed by atoms with E-state index in [4.69, 9.17) is 9.47 Å². The molecule has 3 nitrogen and oxygen atoms in total. The number of aryl methyl sites for hydroxylation is 2. The smallest absolute Gasteiger partial charge is 0.154 e. The van der Waals surface area contributed by atoms with E-state index in [2.05, 4.69) is 45.2 Å². The van der Waals surface area contributed by atoms with Gasteiger partial charge in [0.15, 0.2) is 5.75 Å². The quantitative estimate of drug-likeness (QED) is 0.608. The standard InChI is InChI=1S/C15H14I2O3/c1-8-4-11(5-9(2)14(8)19-3)20-15-12(16)6-10(18)7-13(15)17/h4-7,18H,1-3H3. The Labute approximate surface area is 145 Å². The minimum atomic E-state index is 0.244. The van der Waals surface area contributed by atoms with Gasteiger partial charge in [-0.15, -0.1) is 0 Å². The summed E-state index contributed by atoms with van der Waals surface area (Å²) in [6.07, 6.45) is 0. The number of rotatable bonds is 3. The molecule has 20 heavy (non-hydrogen) atoms. The van der Waals surface area contributed by atoms with E-state index in [0.29, 0.717) is 0 Å². The lowest BCUT2D eigenvalue weighted by Crippen LogP contribution is -1.95. The van der Waals surface area contributed by atoms with Crippen LogP contribution >= 0.6 is 45.2 Å². The summed E-state index contributed by atoms with van der Waals surface area (Å²) in [5.74, 6) is 2.65. The number of phenolic OH excluding ortho intramolecular Hbond substituents is 1. The van der Waals surface area contributed by atoms with Crippen LogP contribution in [-0.4, -0.2) is 12.2 Å². The van der Waals surface area contributed by atoms with Crippen LogP contribution in [0.2, 0.25) is 0 Å². The summed E-state index contributed by atoms with van der Waals surface area (Å²) in [5, 5.41) is 9.56. The van der Waals surface area contributed by atoms with Gasteiger partial charge in [0.2, 0.25) is 0 Å². The Balaban J connectivity index is 2.41. The first kappa shape index (κ1) is 15.7. The van der Waals surface area contributed by atoms with Crippen LogP contribution in [0.25, 0.3) is 0 Å². The third-order valence-electron chi connectivity index (χ3n) is 2.84. The number of benzene rings is 2. The summed E-state index contributed by atoms with van der Waals surface area (Å²) < 4.78 is 13.1. The molecule has 0 radical (unpaired) electrons. The summed E-state index contributed by atoms with van der Waals surface area (Å²) in [5.41, 5.74) is 2.07. The Morgan fingerprint density at radius 2 is 1.40 bits per heavy atom. The molecule has 0 aliphatic rings. The van der Waals surface area contributed by atoms with Crippen LogP contribution in [0.4, 0.5) is 0 Å². The lowest BCUT2D eigenvalue weighted by atomic mass is 10.1. The van der Waals surface area contributed by atoms with Crippen LogP contribution in [0.1, 0.15) is 11.1 Å². The van der Waals surface area contributed by atoms with Crippen LogP contribution in [-0.2, 0) is 0 Å². The molecule has 1 N–H and O–H groups in total. The lowest BCUT2D eigenvalue weighted by Gasteiger charge is -2.14. The average molecular weight is 496 g/mol. The van der Waals surface area contributed by atoms with E-state index in [1.54, 1.807) is 19.2 Å². The van der Waals surface area contributed by atoms with Crippen molar-refractivity contribution in [2.45, 2.75) is 13.8 Å². The number of methoxy groups -OCH3 is 1. The lowest BCUT2D eigenvalue weighted by molar-refractivity contribution is 0.406. The summed E-state index contributed by atoms with van der Waals surface area (Å²) in [4.78, 5) is 0. The molecular formula is C15H14I2O3. The fourth-order valence-electron chi connectivity index (χ4n) is 2.05. The summed E-state index contributed by atoms with van der Waals surface area (Å²) in [7, 11) is 1.67. The van der Waals surface area contributed by atoms with Crippen LogP contribution < -0.4 is 9.47 Å². The molecule has 5 heteroatoms. The van der Waals surface area contributed by atoms with E-state index < -0.39 is 0 Å². The van der Waals surface area contributed by atoms with E-state index in [0.717, 1.165) is 35.5 Å². The third kappa shape index (κ3) is 3.30. The van der Waals surface area contributed by atoms with Crippen molar-refractivity contribution in [3.63, 3.8) is 0 Å². The Morgan fingerprint density at radius 3 is 1.85 bits per heavy atom. The molecule has 0 spiro atoms. The predicted octanol–water partition coefficient (Wildman–Crippen LogP) is 5.02. The van der Waals surface area contributed by atoms with Crippen LogP contribution in [0.15, 0.2) is 24.3 Å².